The van der Waals surface area contributed by atoms with Crippen LogP contribution in [-0.2, 0) is 6.42 Å². The molecule has 1 aromatic rings. The lowest BCUT2D eigenvalue weighted by Crippen LogP contribution is -2.22. The molecule has 1 aliphatic carbocycles. The molecule has 0 heterocycles. The summed E-state index contributed by atoms with van der Waals surface area (Å²) in [6.45, 7) is 0. The van der Waals surface area contributed by atoms with Crippen LogP contribution in [0.3, 0.4) is 0 Å². The van der Waals surface area contributed by atoms with Crippen molar-refractivity contribution in [2.75, 3.05) is 7.11 Å². The average molecular weight is 207 g/mol. The van der Waals surface area contributed by atoms with E-state index in [-0.39, 0.29) is 11.3 Å². The molecule has 2 rings (SSSR count). The molecule has 0 amide bonds. The van der Waals surface area contributed by atoms with Gasteiger partial charge in [-0.15, -0.1) is 0 Å². The van der Waals surface area contributed by atoms with Gasteiger partial charge in [0.1, 0.15) is 0 Å². The summed E-state index contributed by atoms with van der Waals surface area (Å²) in [6, 6.07) is 5.57. The van der Waals surface area contributed by atoms with Crippen LogP contribution in [0.4, 0.5) is 0 Å². The first-order valence-electron chi connectivity index (χ1n) is 5.28. The van der Waals surface area contributed by atoms with Crippen LogP contribution in [0.5, 0.6) is 11.5 Å². The maximum atomic E-state index is 9.84. The van der Waals surface area contributed by atoms with E-state index in [1.807, 2.05) is 12.1 Å². The molecule has 15 heavy (non-hydrogen) atoms. The van der Waals surface area contributed by atoms with Gasteiger partial charge in [0, 0.05) is 5.54 Å². The molecule has 1 aromatic carbocycles. The Bertz CT molecular complexity index is 359. The van der Waals surface area contributed by atoms with Crippen molar-refractivity contribution in [3.8, 4) is 11.5 Å². The summed E-state index contributed by atoms with van der Waals surface area (Å²) in [6.07, 6.45) is 3.97. The molecule has 1 aliphatic rings. The zero-order valence-electron chi connectivity index (χ0n) is 8.99. The van der Waals surface area contributed by atoms with Crippen molar-refractivity contribution in [2.45, 2.75) is 31.2 Å². The maximum Gasteiger partial charge on any atom is 0.160 e. The highest BCUT2D eigenvalue weighted by molar-refractivity contribution is 5.45. The van der Waals surface area contributed by atoms with E-state index in [4.69, 9.17) is 10.5 Å². The van der Waals surface area contributed by atoms with Gasteiger partial charge < -0.3 is 15.6 Å². The Morgan fingerprint density at radius 3 is 2.80 bits per heavy atom. The molecular formula is C12H17NO2. The molecule has 1 fully saturated rings. The quantitative estimate of drug-likeness (QED) is 0.791. The first-order valence-corrected chi connectivity index (χ1v) is 5.28. The smallest absolute Gasteiger partial charge is 0.160 e. The summed E-state index contributed by atoms with van der Waals surface area (Å²) in [5, 5.41) is 9.84. The van der Waals surface area contributed by atoms with Gasteiger partial charge in [-0.25, -0.2) is 0 Å². The Labute approximate surface area is 89.9 Å². The fourth-order valence-corrected chi connectivity index (χ4v) is 1.73. The summed E-state index contributed by atoms with van der Waals surface area (Å²) in [4.78, 5) is 0. The lowest BCUT2D eigenvalue weighted by atomic mass is 10.0. The number of aryl methyl sites for hydroxylation is 1. The third-order valence-electron chi connectivity index (χ3n) is 3.09. The first-order chi connectivity index (χ1) is 7.14. The van der Waals surface area contributed by atoms with Gasteiger partial charge in [0.2, 0.25) is 0 Å². The number of nitrogens with two attached hydrogens (primary N) is 1. The SMILES string of the molecule is COc1cccc(CCC2(N)CC2)c1O. The second kappa shape index (κ2) is 3.74. The molecular weight excluding hydrogens is 190 g/mol. The Balaban J connectivity index is 2.07. The standard InChI is InChI=1S/C12H17NO2/c1-15-10-4-2-3-9(11(10)14)5-6-12(13)7-8-12/h2-4,14H,5-8,13H2,1H3. The lowest BCUT2D eigenvalue weighted by Gasteiger charge is -2.11. The molecule has 3 N–H and O–H groups in total. The zero-order chi connectivity index (χ0) is 10.9. The first kappa shape index (κ1) is 10.3. The van der Waals surface area contributed by atoms with Gasteiger partial charge in [0.05, 0.1) is 7.11 Å². The van der Waals surface area contributed by atoms with Crippen molar-refractivity contribution in [1.29, 1.82) is 0 Å². The van der Waals surface area contributed by atoms with Gasteiger partial charge in [-0.05, 0) is 37.3 Å². The van der Waals surface area contributed by atoms with Crippen molar-refractivity contribution in [3.63, 3.8) is 0 Å². The predicted molar refractivity (Wildman–Crippen MR) is 59.1 cm³/mol. The molecule has 0 atom stereocenters. The monoisotopic (exact) mass is 207 g/mol. The van der Waals surface area contributed by atoms with Crippen LogP contribution in [0, 0.1) is 0 Å². The minimum Gasteiger partial charge on any atom is -0.504 e. The number of ether oxygens (including phenoxy) is 1. The van der Waals surface area contributed by atoms with E-state index in [0.717, 1.165) is 31.2 Å². The Morgan fingerprint density at radius 2 is 2.20 bits per heavy atom. The molecule has 3 heteroatoms. The predicted octanol–water partition coefficient (Wildman–Crippen LogP) is 1.82. The molecule has 0 spiro atoms. The Morgan fingerprint density at radius 1 is 1.47 bits per heavy atom. The van der Waals surface area contributed by atoms with Gasteiger partial charge in [-0.2, -0.15) is 0 Å². The van der Waals surface area contributed by atoms with Gasteiger partial charge in [-0.1, -0.05) is 12.1 Å². The molecule has 0 saturated heterocycles. The van der Waals surface area contributed by atoms with E-state index in [1.165, 1.54) is 0 Å². The number of benzene rings is 1. The van der Waals surface area contributed by atoms with Gasteiger partial charge in [-0.3, -0.25) is 0 Å². The third-order valence-corrected chi connectivity index (χ3v) is 3.09. The average Bonchev–Trinajstić information content (AvgIpc) is 2.96. The van der Waals surface area contributed by atoms with Crippen molar-refractivity contribution in [3.05, 3.63) is 23.8 Å². The van der Waals surface area contributed by atoms with E-state index in [1.54, 1.807) is 13.2 Å². The van der Waals surface area contributed by atoms with E-state index in [9.17, 15) is 5.11 Å². The maximum absolute atomic E-state index is 9.84. The summed E-state index contributed by atoms with van der Waals surface area (Å²) in [5.74, 6) is 0.790. The van der Waals surface area contributed by atoms with Crippen LogP contribution in [0.2, 0.25) is 0 Å². The van der Waals surface area contributed by atoms with Crippen LogP contribution in [0.1, 0.15) is 24.8 Å². The largest absolute Gasteiger partial charge is 0.504 e. The summed E-state index contributed by atoms with van der Waals surface area (Å²) < 4.78 is 5.05. The normalized spacial score (nSPS) is 17.5. The number of methoxy groups -OCH3 is 1. The fraction of sp³-hybridized carbons (Fsp3) is 0.500. The van der Waals surface area contributed by atoms with Crippen LogP contribution in [0.15, 0.2) is 18.2 Å². The lowest BCUT2D eigenvalue weighted by molar-refractivity contribution is 0.370. The highest BCUT2D eigenvalue weighted by atomic mass is 16.5. The highest BCUT2D eigenvalue weighted by Gasteiger charge is 2.37. The summed E-state index contributed by atoms with van der Waals surface area (Å²) >= 11 is 0. The number of phenolic OH excluding ortho intramolecular Hbond substituents is 1. The summed E-state index contributed by atoms with van der Waals surface area (Å²) in [5.41, 5.74) is 6.96. The molecule has 1 saturated carbocycles. The molecule has 0 aliphatic heterocycles. The second-order valence-electron chi connectivity index (χ2n) is 4.33. The molecule has 82 valence electrons. The van der Waals surface area contributed by atoms with Crippen LogP contribution >= 0.6 is 0 Å². The minimum atomic E-state index is 0.0372. The van der Waals surface area contributed by atoms with E-state index in [2.05, 4.69) is 0 Å². The van der Waals surface area contributed by atoms with Crippen LogP contribution < -0.4 is 10.5 Å². The van der Waals surface area contributed by atoms with E-state index < -0.39 is 0 Å². The zero-order valence-corrected chi connectivity index (χ0v) is 8.99. The number of para-hydroxylation sites is 1. The molecule has 0 radical (unpaired) electrons. The molecule has 3 nitrogen and oxygen atoms in total. The number of hydrogen-bond acceptors (Lipinski definition) is 3. The van der Waals surface area contributed by atoms with E-state index in [0.29, 0.717) is 5.75 Å². The molecule has 0 bridgehead atoms. The highest BCUT2D eigenvalue weighted by Crippen LogP contribution is 2.38. The fourth-order valence-electron chi connectivity index (χ4n) is 1.73. The van der Waals surface area contributed by atoms with Gasteiger partial charge >= 0.3 is 0 Å². The van der Waals surface area contributed by atoms with Crippen molar-refractivity contribution in [2.24, 2.45) is 5.73 Å². The number of phenols is 1. The topological polar surface area (TPSA) is 55.5 Å². The number of rotatable bonds is 4. The Hall–Kier alpha value is -1.22. The second-order valence-corrected chi connectivity index (χ2v) is 4.33. The third kappa shape index (κ3) is 2.23. The Kier molecular flexibility index (Phi) is 2.57. The number of hydrogen-bond donors (Lipinski definition) is 2. The van der Waals surface area contributed by atoms with Crippen molar-refractivity contribution >= 4 is 0 Å². The van der Waals surface area contributed by atoms with Crippen molar-refractivity contribution < 1.29 is 9.84 Å². The van der Waals surface area contributed by atoms with Gasteiger partial charge in [0.25, 0.3) is 0 Å². The number of aromatic hydroxyl groups is 1. The summed E-state index contributed by atoms with van der Waals surface area (Å²) in [7, 11) is 1.56. The van der Waals surface area contributed by atoms with Crippen LogP contribution in [-0.4, -0.2) is 17.8 Å². The van der Waals surface area contributed by atoms with E-state index >= 15 is 0 Å². The van der Waals surface area contributed by atoms with Crippen molar-refractivity contribution in [1.82, 2.24) is 0 Å². The molecule has 0 unspecified atom stereocenters. The minimum absolute atomic E-state index is 0.0372. The van der Waals surface area contributed by atoms with Gasteiger partial charge in [0.15, 0.2) is 11.5 Å². The van der Waals surface area contributed by atoms with Crippen LogP contribution in [0.25, 0.3) is 0 Å². The molecule has 0 aromatic heterocycles.